The third kappa shape index (κ3) is 4.64. The van der Waals surface area contributed by atoms with Gasteiger partial charge in [0.25, 0.3) is 0 Å². The normalized spacial score (nSPS) is 19.4. The van der Waals surface area contributed by atoms with Crippen LogP contribution in [0.25, 0.3) is 22.3 Å². The Bertz CT molecular complexity index is 1150. The van der Waals surface area contributed by atoms with Crippen molar-refractivity contribution in [3.05, 3.63) is 35.9 Å². The van der Waals surface area contributed by atoms with Crippen molar-refractivity contribution in [1.82, 2.24) is 15.0 Å². The van der Waals surface area contributed by atoms with E-state index in [0.717, 1.165) is 55.1 Å². The topological polar surface area (TPSA) is 102 Å². The summed E-state index contributed by atoms with van der Waals surface area (Å²) in [7, 11) is 1.60. The highest BCUT2D eigenvalue weighted by atomic mass is 16.5. The first-order valence-corrected chi connectivity index (χ1v) is 11.8. The highest BCUT2D eigenvalue weighted by molar-refractivity contribution is 5.90. The third-order valence-electron chi connectivity index (χ3n) is 6.48. The zero-order valence-corrected chi connectivity index (χ0v) is 19.7. The summed E-state index contributed by atoms with van der Waals surface area (Å²) in [5.74, 6) is 2.12. The van der Waals surface area contributed by atoms with Crippen LogP contribution < -0.4 is 15.0 Å². The molecule has 1 atom stereocenters. The number of aromatic nitrogens is 3. The summed E-state index contributed by atoms with van der Waals surface area (Å²) in [5.41, 5.74) is 3.03. The first-order chi connectivity index (χ1) is 16.7. The van der Waals surface area contributed by atoms with Gasteiger partial charge in [-0.15, -0.1) is 0 Å². The molecule has 4 heterocycles. The molecule has 2 N–H and O–H groups in total. The van der Waals surface area contributed by atoms with Crippen LogP contribution in [0.2, 0.25) is 0 Å². The Morgan fingerprint density at radius 2 is 1.94 bits per heavy atom. The van der Waals surface area contributed by atoms with Gasteiger partial charge in [0, 0.05) is 36.9 Å². The van der Waals surface area contributed by atoms with Crippen molar-refractivity contribution in [1.29, 1.82) is 0 Å². The summed E-state index contributed by atoms with van der Waals surface area (Å²) in [5, 5.41) is 14.2. The van der Waals surface area contributed by atoms with E-state index in [9.17, 15) is 5.11 Å². The van der Waals surface area contributed by atoms with Gasteiger partial charge in [-0.25, -0.2) is 4.98 Å². The average molecular weight is 466 g/mol. The zero-order valence-electron chi connectivity index (χ0n) is 19.7. The fraction of sp³-hybridized carbons (Fsp3) is 0.480. The van der Waals surface area contributed by atoms with E-state index in [1.54, 1.807) is 7.11 Å². The second kappa shape index (κ2) is 10.1. The lowest BCUT2D eigenvalue weighted by Crippen LogP contribution is -2.44. The molecule has 0 radical (unpaired) electrons. The molecule has 9 nitrogen and oxygen atoms in total. The van der Waals surface area contributed by atoms with Crippen molar-refractivity contribution in [2.45, 2.75) is 38.5 Å². The average Bonchev–Trinajstić information content (AvgIpc) is 2.88. The number of hydrogen-bond acceptors (Lipinski definition) is 9. The maximum atomic E-state index is 9.74. The van der Waals surface area contributed by atoms with E-state index in [4.69, 9.17) is 29.2 Å². The van der Waals surface area contributed by atoms with Crippen molar-refractivity contribution in [3.63, 3.8) is 0 Å². The SMILES string of the molecule is COc1ccc(-c2ccc3c(N4CCOC[C@@H]4C)nc(NC4CCOCC4)nc3n2)cc1CO. The van der Waals surface area contributed by atoms with Gasteiger partial charge in [0.1, 0.15) is 11.6 Å². The van der Waals surface area contributed by atoms with Gasteiger partial charge in [0.2, 0.25) is 5.95 Å². The van der Waals surface area contributed by atoms with Gasteiger partial charge in [0.15, 0.2) is 5.65 Å². The minimum atomic E-state index is -0.106. The van der Waals surface area contributed by atoms with Crippen LogP contribution in [-0.4, -0.2) is 72.2 Å². The van der Waals surface area contributed by atoms with Crippen LogP contribution in [0, 0.1) is 0 Å². The largest absolute Gasteiger partial charge is 0.496 e. The van der Waals surface area contributed by atoms with Gasteiger partial charge in [0.05, 0.1) is 44.1 Å². The summed E-state index contributed by atoms with van der Waals surface area (Å²) in [4.78, 5) is 16.9. The summed E-state index contributed by atoms with van der Waals surface area (Å²) in [6.45, 7) is 5.62. The highest BCUT2D eigenvalue weighted by Crippen LogP contribution is 2.31. The third-order valence-corrected chi connectivity index (χ3v) is 6.48. The Balaban J connectivity index is 1.57. The number of aliphatic hydroxyl groups excluding tert-OH is 1. The fourth-order valence-electron chi connectivity index (χ4n) is 4.57. The summed E-state index contributed by atoms with van der Waals surface area (Å²) >= 11 is 0. The van der Waals surface area contributed by atoms with Crippen molar-refractivity contribution < 1.29 is 19.3 Å². The number of anilines is 2. The molecule has 3 aromatic rings. The molecule has 180 valence electrons. The van der Waals surface area contributed by atoms with Crippen LogP contribution >= 0.6 is 0 Å². The standard InChI is InChI=1S/C25H31N5O4/c1-16-15-34-12-9-30(16)24-20-4-5-21(17-3-6-22(32-2)18(13-17)14-31)27-23(20)28-25(29-24)26-19-7-10-33-11-8-19/h3-6,13,16,19,31H,7-12,14-15H2,1-2H3,(H,26,27,28,29)/t16-/m0/s1. The van der Waals surface area contributed by atoms with Crippen molar-refractivity contribution >= 4 is 22.8 Å². The van der Waals surface area contributed by atoms with E-state index in [0.29, 0.717) is 36.1 Å². The number of morpholine rings is 1. The number of benzene rings is 1. The first-order valence-electron chi connectivity index (χ1n) is 11.8. The number of methoxy groups -OCH3 is 1. The summed E-state index contributed by atoms with van der Waals surface area (Å²) in [6.07, 6.45) is 1.85. The molecule has 0 bridgehead atoms. The van der Waals surface area contributed by atoms with Gasteiger partial charge >= 0.3 is 0 Å². The minimum absolute atomic E-state index is 0.106. The molecule has 2 aromatic heterocycles. The molecule has 5 rings (SSSR count). The van der Waals surface area contributed by atoms with Gasteiger partial charge in [-0.3, -0.25) is 0 Å². The van der Waals surface area contributed by atoms with E-state index in [1.165, 1.54) is 0 Å². The molecular formula is C25H31N5O4. The maximum absolute atomic E-state index is 9.74. The number of pyridine rings is 1. The molecule has 2 saturated heterocycles. The molecule has 34 heavy (non-hydrogen) atoms. The molecule has 2 aliphatic rings. The van der Waals surface area contributed by atoms with Crippen molar-refractivity contribution in [3.8, 4) is 17.0 Å². The Morgan fingerprint density at radius 3 is 2.71 bits per heavy atom. The van der Waals surface area contributed by atoms with Crippen LogP contribution in [0.15, 0.2) is 30.3 Å². The maximum Gasteiger partial charge on any atom is 0.226 e. The summed E-state index contributed by atoms with van der Waals surface area (Å²) in [6, 6.07) is 10.2. The molecule has 0 spiro atoms. The van der Waals surface area contributed by atoms with E-state index in [2.05, 4.69) is 17.1 Å². The van der Waals surface area contributed by atoms with Crippen LogP contribution in [0.1, 0.15) is 25.3 Å². The quantitative estimate of drug-likeness (QED) is 0.569. The minimum Gasteiger partial charge on any atom is -0.496 e. The molecular weight excluding hydrogens is 434 g/mol. The Morgan fingerprint density at radius 1 is 1.09 bits per heavy atom. The number of nitrogens with one attached hydrogen (secondary N) is 1. The van der Waals surface area contributed by atoms with Gasteiger partial charge in [-0.05, 0) is 50.1 Å². The predicted molar refractivity (Wildman–Crippen MR) is 130 cm³/mol. The van der Waals surface area contributed by atoms with Crippen molar-refractivity contribution in [2.24, 2.45) is 0 Å². The Labute approximate surface area is 199 Å². The second-order valence-electron chi connectivity index (χ2n) is 8.77. The Hall–Kier alpha value is -3.01. The Kier molecular flexibility index (Phi) is 6.75. The number of ether oxygens (including phenoxy) is 3. The molecule has 0 unspecified atom stereocenters. The molecule has 2 aliphatic heterocycles. The molecule has 9 heteroatoms. The number of hydrogen-bond donors (Lipinski definition) is 2. The van der Waals surface area contributed by atoms with Crippen LogP contribution in [0.5, 0.6) is 5.75 Å². The summed E-state index contributed by atoms with van der Waals surface area (Å²) < 4.78 is 16.5. The lowest BCUT2D eigenvalue weighted by molar-refractivity contribution is 0.0903. The molecule has 1 aromatic carbocycles. The van der Waals surface area contributed by atoms with Crippen LogP contribution in [0.3, 0.4) is 0 Å². The molecule has 2 fully saturated rings. The number of rotatable bonds is 6. The van der Waals surface area contributed by atoms with Crippen LogP contribution in [0.4, 0.5) is 11.8 Å². The lowest BCUT2D eigenvalue weighted by atomic mass is 10.1. The van der Waals surface area contributed by atoms with Crippen molar-refractivity contribution in [2.75, 3.05) is 50.3 Å². The van der Waals surface area contributed by atoms with Gasteiger partial charge in [-0.1, -0.05) is 0 Å². The molecule has 0 aliphatic carbocycles. The van der Waals surface area contributed by atoms with E-state index in [-0.39, 0.29) is 18.7 Å². The van der Waals surface area contributed by atoms with E-state index >= 15 is 0 Å². The number of fused-ring (bicyclic) bond motifs is 1. The second-order valence-corrected chi connectivity index (χ2v) is 8.77. The van der Waals surface area contributed by atoms with Gasteiger partial charge in [-0.2, -0.15) is 9.97 Å². The monoisotopic (exact) mass is 465 g/mol. The fourth-order valence-corrected chi connectivity index (χ4v) is 4.57. The van der Waals surface area contributed by atoms with Gasteiger partial charge < -0.3 is 29.5 Å². The van der Waals surface area contributed by atoms with Crippen LogP contribution in [-0.2, 0) is 16.1 Å². The molecule has 0 saturated carbocycles. The number of aliphatic hydroxyl groups is 1. The highest BCUT2D eigenvalue weighted by Gasteiger charge is 2.25. The first kappa shape index (κ1) is 22.8. The molecule has 0 amide bonds. The predicted octanol–water partition coefficient (Wildman–Crippen LogP) is 3.01. The lowest BCUT2D eigenvalue weighted by Gasteiger charge is -2.35. The smallest absolute Gasteiger partial charge is 0.226 e. The van der Waals surface area contributed by atoms with E-state index in [1.807, 2.05) is 30.3 Å². The number of nitrogens with zero attached hydrogens (tertiary/aromatic N) is 4. The zero-order chi connectivity index (χ0) is 23.5. The van der Waals surface area contributed by atoms with E-state index < -0.39 is 0 Å².